The Morgan fingerprint density at radius 3 is 2.88 bits per heavy atom. The van der Waals surface area contributed by atoms with Crippen LogP contribution in [0, 0.1) is 0 Å². The molecule has 1 heterocycles. The first-order valence-electron chi connectivity index (χ1n) is 5.52. The first-order valence-corrected chi connectivity index (χ1v) is 6.69. The molecular formula is C13H11BrClN. The molecule has 0 N–H and O–H groups in total. The predicted molar refractivity (Wildman–Crippen MR) is 71.1 cm³/mol. The molecule has 1 aliphatic carbocycles. The van der Waals surface area contributed by atoms with Gasteiger partial charge in [0.1, 0.15) is 0 Å². The van der Waals surface area contributed by atoms with Gasteiger partial charge in [-0.2, -0.15) is 0 Å². The molecule has 1 nitrogen and oxygen atoms in total. The fourth-order valence-corrected chi connectivity index (χ4v) is 2.96. The van der Waals surface area contributed by atoms with E-state index in [9.17, 15) is 0 Å². The minimum Gasteiger partial charge on any atom is -0.255 e. The second-order valence-corrected chi connectivity index (χ2v) is 5.46. The number of aryl methyl sites for hydroxylation is 2. The summed E-state index contributed by atoms with van der Waals surface area (Å²) in [5.41, 5.74) is 3.94. The number of nitrogens with zero attached hydrogens (tertiary/aromatic N) is 1. The van der Waals surface area contributed by atoms with Crippen molar-refractivity contribution in [2.24, 2.45) is 0 Å². The van der Waals surface area contributed by atoms with Gasteiger partial charge in [-0.1, -0.05) is 23.7 Å². The van der Waals surface area contributed by atoms with Crippen LogP contribution in [0.2, 0.25) is 5.02 Å². The molecule has 0 fully saturated rings. The summed E-state index contributed by atoms with van der Waals surface area (Å²) in [6.07, 6.45) is 6.68. The molecule has 0 aliphatic heterocycles. The van der Waals surface area contributed by atoms with Crippen LogP contribution in [-0.4, -0.2) is 4.98 Å². The summed E-state index contributed by atoms with van der Waals surface area (Å²) >= 11 is 9.70. The number of pyridine rings is 1. The van der Waals surface area contributed by atoms with Crippen LogP contribution >= 0.6 is 27.5 Å². The van der Waals surface area contributed by atoms with E-state index < -0.39 is 0 Å². The van der Waals surface area contributed by atoms with Crippen molar-refractivity contribution in [2.75, 3.05) is 0 Å². The number of hydrogen-bond acceptors (Lipinski definition) is 1. The Bertz CT molecular complexity index is 565. The Labute approximate surface area is 108 Å². The Balaban J connectivity index is 2.36. The normalized spacial score (nSPS) is 15.1. The van der Waals surface area contributed by atoms with E-state index in [1.165, 1.54) is 30.4 Å². The van der Waals surface area contributed by atoms with Crippen molar-refractivity contribution in [1.29, 1.82) is 0 Å². The van der Waals surface area contributed by atoms with E-state index in [1.807, 2.05) is 0 Å². The van der Waals surface area contributed by atoms with E-state index in [0.717, 1.165) is 26.8 Å². The highest BCUT2D eigenvalue weighted by atomic mass is 79.9. The lowest BCUT2D eigenvalue weighted by atomic mass is 9.90. The lowest BCUT2D eigenvalue weighted by Gasteiger charge is -2.17. The van der Waals surface area contributed by atoms with E-state index in [4.69, 9.17) is 11.6 Å². The van der Waals surface area contributed by atoms with Gasteiger partial charge in [-0.25, -0.2) is 0 Å². The van der Waals surface area contributed by atoms with Gasteiger partial charge >= 0.3 is 0 Å². The van der Waals surface area contributed by atoms with E-state index in [-0.39, 0.29) is 0 Å². The highest BCUT2D eigenvalue weighted by molar-refractivity contribution is 9.10. The van der Waals surface area contributed by atoms with Gasteiger partial charge in [-0.3, -0.25) is 4.98 Å². The summed E-state index contributed by atoms with van der Waals surface area (Å²) in [5.74, 6) is 0. The van der Waals surface area contributed by atoms with Gasteiger partial charge in [0.15, 0.2) is 0 Å². The Morgan fingerprint density at radius 2 is 2.00 bits per heavy atom. The summed E-state index contributed by atoms with van der Waals surface area (Å²) < 4.78 is 0.873. The van der Waals surface area contributed by atoms with E-state index in [1.54, 1.807) is 6.20 Å². The Morgan fingerprint density at radius 1 is 1.19 bits per heavy atom. The number of halogens is 2. The zero-order chi connectivity index (χ0) is 11.1. The molecule has 0 unspecified atom stereocenters. The van der Waals surface area contributed by atoms with Crippen LogP contribution in [-0.2, 0) is 12.8 Å². The highest BCUT2D eigenvalue weighted by Gasteiger charge is 2.15. The molecular weight excluding hydrogens is 286 g/mol. The van der Waals surface area contributed by atoms with Crippen LogP contribution in [0.25, 0.3) is 10.9 Å². The van der Waals surface area contributed by atoms with Gasteiger partial charge in [0.2, 0.25) is 0 Å². The number of aromatic nitrogens is 1. The van der Waals surface area contributed by atoms with Gasteiger partial charge in [0, 0.05) is 11.6 Å². The number of hydrogen-bond donors (Lipinski definition) is 0. The zero-order valence-electron chi connectivity index (χ0n) is 8.76. The van der Waals surface area contributed by atoms with E-state index in [0.29, 0.717) is 0 Å². The second kappa shape index (κ2) is 4.01. The third-order valence-electron chi connectivity index (χ3n) is 3.26. The molecule has 1 aromatic carbocycles. The van der Waals surface area contributed by atoms with Gasteiger partial charge in [0.05, 0.1) is 15.0 Å². The molecule has 0 radical (unpaired) electrons. The van der Waals surface area contributed by atoms with E-state index >= 15 is 0 Å². The fourth-order valence-electron chi connectivity index (χ4n) is 2.44. The molecule has 82 valence electrons. The minimum absolute atomic E-state index is 0.776. The summed E-state index contributed by atoms with van der Waals surface area (Å²) in [5, 5.41) is 1.84. The molecule has 16 heavy (non-hydrogen) atoms. The van der Waals surface area contributed by atoms with Crippen molar-refractivity contribution in [2.45, 2.75) is 25.7 Å². The van der Waals surface area contributed by atoms with Crippen molar-refractivity contribution in [3.63, 3.8) is 0 Å². The quantitative estimate of drug-likeness (QED) is 0.696. The van der Waals surface area contributed by atoms with Crippen molar-refractivity contribution < 1.29 is 0 Å². The van der Waals surface area contributed by atoms with Crippen LogP contribution < -0.4 is 0 Å². The third-order valence-corrected chi connectivity index (χ3v) is 4.49. The fraction of sp³-hybridized carbons (Fsp3) is 0.308. The van der Waals surface area contributed by atoms with Gasteiger partial charge in [-0.15, -0.1) is 0 Å². The number of fused-ring (bicyclic) bond motifs is 3. The SMILES string of the molecule is Clc1c(Br)cnc2c3c(ccc12)CCCC3. The maximum atomic E-state index is 6.28. The lowest BCUT2D eigenvalue weighted by Crippen LogP contribution is -2.04. The molecule has 2 aromatic rings. The maximum Gasteiger partial charge on any atom is 0.0752 e. The molecule has 0 spiro atoms. The van der Waals surface area contributed by atoms with Crippen LogP contribution in [0.5, 0.6) is 0 Å². The third kappa shape index (κ3) is 1.56. The Hall–Kier alpha value is -0.600. The van der Waals surface area contributed by atoms with Crippen LogP contribution in [0.15, 0.2) is 22.8 Å². The molecule has 3 rings (SSSR count). The largest absolute Gasteiger partial charge is 0.255 e. The first kappa shape index (κ1) is 10.5. The van der Waals surface area contributed by atoms with Gasteiger partial charge < -0.3 is 0 Å². The van der Waals surface area contributed by atoms with Crippen LogP contribution in [0.3, 0.4) is 0 Å². The predicted octanol–water partition coefficient (Wildman–Crippen LogP) is 4.53. The lowest BCUT2D eigenvalue weighted by molar-refractivity contribution is 0.689. The monoisotopic (exact) mass is 295 g/mol. The highest BCUT2D eigenvalue weighted by Crippen LogP contribution is 2.34. The molecule has 0 amide bonds. The average Bonchev–Trinajstić information content (AvgIpc) is 2.33. The van der Waals surface area contributed by atoms with Crippen molar-refractivity contribution in [3.8, 4) is 0 Å². The van der Waals surface area contributed by atoms with Crippen molar-refractivity contribution in [1.82, 2.24) is 4.98 Å². The minimum atomic E-state index is 0.776. The van der Waals surface area contributed by atoms with Gasteiger partial charge in [0.25, 0.3) is 0 Å². The zero-order valence-corrected chi connectivity index (χ0v) is 11.1. The summed E-state index contributed by atoms with van der Waals surface area (Å²) in [6, 6.07) is 4.30. The number of rotatable bonds is 0. The van der Waals surface area contributed by atoms with E-state index in [2.05, 4.69) is 33.0 Å². The van der Waals surface area contributed by atoms with Crippen molar-refractivity contribution in [3.05, 3.63) is 39.0 Å². The summed E-state index contributed by atoms with van der Waals surface area (Å²) in [4.78, 5) is 4.52. The topological polar surface area (TPSA) is 12.9 Å². The molecule has 1 aliphatic rings. The maximum absolute atomic E-state index is 6.28. The number of benzene rings is 1. The molecule has 0 saturated carbocycles. The molecule has 1 aromatic heterocycles. The summed E-state index contributed by atoms with van der Waals surface area (Å²) in [6.45, 7) is 0. The average molecular weight is 297 g/mol. The molecule has 0 atom stereocenters. The van der Waals surface area contributed by atoms with Crippen molar-refractivity contribution >= 4 is 38.4 Å². The van der Waals surface area contributed by atoms with Crippen LogP contribution in [0.1, 0.15) is 24.0 Å². The second-order valence-electron chi connectivity index (χ2n) is 4.23. The molecule has 0 saturated heterocycles. The summed E-state index contributed by atoms with van der Waals surface area (Å²) in [7, 11) is 0. The smallest absolute Gasteiger partial charge is 0.0752 e. The van der Waals surface area contributed by atoms with Gasteiger partial charge in [-0.05, 0) is 52.7 Å². The Kier molecular flexibility index (Phi) is 2.64. The van der Waals surface area contributed by atoms with Crippen LogP contribution in [0.4, 0.5) is 0 Å². The first-order chi connectivity index (χ1) is 7.77. The standard InChI is InChI=1S/C13H11BrClN/c14-11-7-16-13-9-4-2-1-3-8(9)5-6-10(13)12(11)15/h5-7H,1-4H2. The molecule has 3 heteroatoms. The molecule has 0 bridgehead atoms.